The average Bonchev–Trinajstić information content (AvgIpc) is 2.30. The number of aromatic nitrogens is 1. The van der Waals surface area contributed by atoms with Gasteiger partial charge in [-0.1, -0.05) is 23.4 Å². The maximum atomic E-state index is 10.8. The number of nitrogens with zero attached hydrogens (tertiary/aromatic N) is 1. The van der Waals surface area contributed by atoms with Crippen molar-refractivity contribution < 1.29 is 19.4 Å². The van der Waals surface area contributed by atoms with Crippen molar-refractivity contribution in [3.63, 3.8) is 0 Å². The molecule has 1 rings (SSSR count). The van der Waals surface area contributed by atoms with Crippen LogP contribution in [0.1, 0.15) is 22.3 Å². The van der Waals surface area contributed by atoms with E-state index in [0.717, 1.165) is 0 Å². The van der Waals surface area contributed by atoms with E-state index in [-0.39, 0.29) is 17.1 Å². The van der Waals surface area contributed by atoms with Gasteiger partial charge in [0.05, 0.1) is 12.7 Å². The summed E-state index contributed by atoms with van der Waals surface area (Å²) < 4.78 is 4.40. The minimum absolute atomic E-state index is 0.0679. The number of carboxylic acids is 1. The van der Waals surface area contributed by atoms with Crippen LogP contribution in [0.25, 0.3) is 0 Å². The lowest BCUT2D eigenvalue weighted by Gasteiger charge is -1.97. The van der Waals surface area contributed by atoms with Crippen molar-refractivity contribution in [3.8, 4) is 11.8 Å². The van der Waals surface area contributed by atoms with E-state index in [1.807, 2.05) is 0 Å². The molecule has 0 atom stereocenters. The monoisotopic (exact) mass is 253 g/mol. The van der Waals surface area contributed by atoms with Crippen molar-refractivity contribution in [1.82, 2.24) is 4.98 Å². The summed E-state index contributed by atoms with van der Waals surface area (Å²) in [6.45, 7) is 0. The van der Waals surface area contributed by atoms with Crippen molar-refractivity contribution in [3.05, 3.63) is 28.5 Å². The highest BCUT2D eigenvalue weighted by Crippen LogP contribution is 2.13. The molecule has 0 unspecified atom stereocenters. The van der Waals surface area contributed by atoms with Crippen molar-refractivity contribution >= 4 is 23.5 Å². The second-order valence-corrected chi connectivity index (χ2v) is 3.28. The molecule has 0 aliphatic carbocycles. The van der Waals surface area contributed by atoms with Crippen molar-refractivity contribution in [2.45, 2.75) is 6.42 Å². The van der Waals surface area contributed by atoms with Gasteiger partial charge in [-0.2, -0.15) is 0 Å². The number of hydrogen-bond acceptors (Lipinski definition) is 4. The fourth-order valence-electron chi connectivity index (χ4n) is 0.957. The highest BCUT2D eigenvalue weighted by atomic mass is 35.5. The van der Waals surface area contributed by atoms with Gasteiger partial charge in [-0.3, -0.25) is 4.79 Å². The Morgan fingerprint density at radius 2 is 2.29 bits per heavy atom. The SMILES string of the molecule is COC(=O)CC#Cc1cnc(Cl)c(C(=O)O)c1. The number of carbonyl (C=O) groups excluding carboxylic acids is 1. The van der Waals surface area contributed by atoms with Gasteiger partial charge < -0.3 is 9.84 Å². The molecule has 0 amide bonds. The summed E-state index contributed by atoms with van der Waals surface area (Å²) in [6.07, 6.45) is 1.26. The number of aromatic carboxylic acids is 1. The third-order valence-electron chi connectivity index (χ3n) is 1.76. The zero-order chi connectivity index (χ0) is 12.8. The number of carbonyl (C=O) groups is 2. The predicted octanol–water partition coefficient (Wildman–Crippen LogP) is 1.35. The van der Waals surface area contributed by atoms with Gasteiger partial charge in [-0.25, -0.2) is 9.78 Å². The number of methoxy groups -OCH3 is 1. The first-order valence-corrected chi connectivity index (χ1v) is 4.87. The molecule has 17 heavy (non-hydrogen) atoms. The van der Waals surface area contributed by atoms with E-state index in [1.165, 1.54) is 19.4 Å². The Kier molecular flexibility index (Phi) is 4.49. The number of rotatable bonds is 2. The van der Waals surface area contributed by atoms with Gasteiger partial charge in [0.2, 0.25) is 0 Å². The minimum atomic E-state index is -1.18. The van der Waals surface area contributed by atoms with Crippen LogP contribution in [0.4, 0.5) is 0 Å². The Morgan fingerprint density at radius 3 is 2.88 bits per heavy atom. The number of halogens is 1. The molecule has 5 nitrogen and oxygen atoms in total. The molecule has 88 valence electrons. The van der Waals surface area contributed by atoms with Crippen LogP contribution in [0.3, 0.4) is 0 Å². The Morgan fingerprint density at radius 1 is 1.59 bits per heavy atom. The van der Waals surface area contributed by atoms with Crippen LogP contribution in [0, 0.1) is 11.8 Å². The molecule has 1 heterocycles. The number of ether oxygens (including phenoxy) is 1. The normalized spacial score (nSPS) is 9.06. The van der Waals surface area contributed by atoms with Gasteiger partial charge in [-0.15, -0.1) is 0 Å². The number of carboxylic acid groups (broad SMARTS) is 1. The van der Waals surface area contributed by atoms with E-state index in [1.54, 1.807) is 0 Å². The Bertz CT molecular complexity index is 516. The summed E-state index contributed by atoms with van der Waals surface area (Å²) in [5.74, 6) is 3.49. The second-order valence-electron chi connectivity index (χ2n) is 2.92. The minimum Gasteiger partial charge on any atom is -0.478 e. The lowest BCUT2D eigenvalue weighted by atomic mass is 10.2. The Hall–Kier alpha value is -2.06. The molecule has 0 aliphatic heterocycles. The largest absolute Gasteiger partial charge is 0.478 e. The molecule has 6 heteroatoms. The van der Waals surface area contributed by atoms with Gasteiger partial charge >= 0.3 is 11.9 Å². The topological polar surface area (TPSA) is 76.5 Å². The second kappa shape index (κ2) is 5.87. The van der Waals surface area contributed by atoms with Crippen LogP contribution in [0.2, 0.25) is 5.15 Å². The van der Waals surface area contributed by atoms with Gasteiger partial charge in [-0.05, 0) is 6.07 Å². The summed E-state index contributed by atoms with van der Waals surface area (Å²) in [7, 11) is 1.26. The standard InChI is InChI=1S/C11H8ClNO4/c1-17-9(14)4-2-3-7-5-8(11(15)16)10(12)13-6-7/h5-6H,4H2,1H3,(H,15,16). The summed E-state index contributed by atoms with van der Waals surface area (Å²) in [4.78, 5) is 25.2. The molecule has 0 aromatic carbocycles. The molecular weight excluding hydrogens is 246 g/mol. The third-order valence-corrected chi connectivity index (χ3v) is 2.06. The molecule has 0 fully saturated rings. The molecule has 0 saturated heterocycles. The predicted molar refractivity (Wildman–Crippen MR) is 59.7 cm³/mol. The summed E-state index contributed by atoms with van der Waals surface area (Å²) >= 11 is 5.58. The zero-order valence-electron chi connectivity index (χ0n) is 8.86. The summed E-state index contributed by atoms with van der Waals surface area (Å²) in [6, 6.07) is 1.29. The lowest BCUT2D eigenvalue weighted by Crippen LogP contribution is -2.00. The quantitative estimate of drug-likeness (QED) is 0.489. The first kappa shape index (κ1) is 13.0. The summed E-state index contributed by atoms with van der Waals surface area (Å²) in [5.41, 5.74) is 0.243. The van der Waals surface area contributed by atoms with E-state index >= 15 is 0 Å². The maximum absolute atomic E-state index is 10.8. The van der Waals surface area contributed by atoms with Crippen LogP contribution in [0.5, 0.6) is 0 Å². The Balaban J connectivity index is 2.89. The van der Waals surface area contributed by atoms with E-state index < -0.39 is 11.9 Å². The first-order chi connectivity index (χ1) is 8.04. The fourth-order valence-corrected chi connectivity index (χ4v) is 1.14. The molecule has 1 aromatic rings. The molecule has 0 saturated carbocycles. The van der Waals surface area contributed by atoms with E-state index in [0.29, 0.717) is 5.56 Å². The lowest BCUT2D eigenvalue weighted by molar-refractivity contribution is -0.139. The van der Waals surface area contributed by atoms with Crippen molar-refractivity contribution in [2.24, 2.45) is 0 Å². The van der Waals surface area contributed by atoms with Gasteiger partial charge in [0.1, 0.15) is 11.6 Å². The number of esters is 1. The van der Waals surface area contributed by atoms with Crippen LogP contribution in [-0.2, 0) is 9.53 Å². The Labute approximate surface area is 102 Å². The van der Waals surface area contributed by atoms with Gasteiger partial charge in [0.25, 0.3) is 0 Å². The molecule has 0 radical (unpaired) electrons. The van der Waals surface area contributed by atoms with E-state index in [9.17, 15) is 9.59 Å². The van der Waals surface area contributed by atoms with Gasteiger partial charge in [0, 0.05) is 11.8 Å². The fraction of sp³-hybridized carbons (Fsp3) is 0.182. The van der Waals surface area contributed by atoms with Crippen molar-refractivity contribution in [2.75, 3.05) is 7.11 Å². The number of pyridine rings is 1. The molecule has 0 aliphatic rings. The van der Waals surface area contributed by atoms with Crippen LogP contribution < -0.4 is 0 Å². The van der Waals surface area contributed by atoms with Crippen LogP contribution in [0.15, 0.2) is 12.3 Å². The first-order valence-electron chi connectivity index (χ1n) is 4.49. The van der Waals surface area contributed by atoms with Gasteiger partial charge in [0.15, 0.2) is 0 Å². The highest BCUT2D eigenvalue weighted by Gasteiger charge is 2.09. The van der Waals surface area contributed by atoms with Crippen LogP contribution >= 0.6 is 11.6 Å². The molecule has 0 bridgehead atoms. The smallest absolute Gasteiger partial charge is 0.338 e. The number of hydrogen-bond donors (Lipinski definition) is 1. The van der Waals surface area contributed by atoms with E-state index in [4.69, 9.17) is 16.7 Å². The highest BCUT2D eigenvalue weighted by molar-refractivity contribution is 6.32. The third kappa shape index (κ3) is 3.78. The van der Waals surface area contributed by atoms with Crippen LogP contribution in [-0.4, -0.2) is 29.1 Å². The summed E-state index contributed by atoms with van der Waals surface area (Å²) in [5, 5.41) is 8.69. The van der Waals surface area contributed by atoms with E-state index in [2.05, 4.69) is 21.6 Å². The molecular formula is C11H8ClNO4. The molecule has 1 aromatic heterocycles. The molecule has 0 spiro atoms. The zero-order valence-corrected chi connectivity index (χ0v) is 9.61. The maximum Gasteiger partial charge on any atom is 0.338 e. The van der Waals surface area contributed by atoms with Crippen molar-refractivity contribution in [1.29, 1.82) is 0 Å². The molecule has 1 N–H and O–H groups in total. The average molecular weight is 254 g/mol.